The average molecular weight is 446 g/mol. The number of hydrogen-bond donors (Lipinski definition) is 3. The van der Waals surface area contributed by atoms with Gasteiger partial charge in [0.15, 0.2) is 0 Å². The molecule has 0 radical (unpaired) electrons. The molecule has 4 N–H and O–H groups in total. The molecule has 0 saturated heterocycles. The van der Waals surface area contributed by atoms with Gasteiger partial charge in [0.2, 0.25) is 5.91 Å². The number of halogens is 4. The van der Waals surface area contributed by atoms with Gasteiger partial charge in [0.25, 0.3) is 6.43 Å². The largest absolute Gasteiger partial charge is 0.478 e. The summed E-state index contributed by atoms with van der Waals surface area (Å²) in [5.74, 6) is -5.66. The first-order chi connectivity index (χ1) is 12.5. The zero-order valence-electron chi connectivity index (χ0n) is 13.5. The minimum atomic E-state index is -3.26. The van der Waals surface area contributed by atoms with Gasteiger partial charge >= 0.3 is 11.9 Å². The monoisotopic (exact) mass is 445 g/mol. The van der Waals surface area contributed by atoms with Crippen LogP contribution in [-0.2, 0) is 0 Å². The van der Waals surface area contributed by atoms with Crippen LogP contribution in [0.2, 0.25) is 0 Å². The molecule has 142 valence electrons. The van der Waals surface area contributed by atoms with Crippen molar-refractivity contribution < 1.29 is 37.8 Å². The summed E-state index contributed by atoms with van der Waals surface area (Å²) in [5, 5.41) is 18.9. The molecule has 2 aromatic carbocycles. The Morgan fingerprint density at radius 1 is 1.07 bits per heavy atom. The van der Waals surface area contributed by atoms with Crippen molar-refractivity contribution in [2.24, 2.45) is 5.73 Å². The first-order valence-corrected chi connectivity index (χ1v) is 7.98. The van der Waals surface area contributed by atoms with Crippen LogP contribution < -0.4 is 5.73 Å². The fourth-order valence-corrected chi connectivity index (χ4v) is 3.22. The number of rotatable bonds is 5. The van der Waals surface area contributed by atoms with Crippen molar-refractivity contribution in [2.75, 3.05) is 0 Å². The number of amides is 1. The number of benzene rings is 2. The van der Waals surface area contributed by atoms with E-state index in [4.69, 9.17) is 5.73 Å². The second-order valence-electron chi connectivity index (χ2n) is 5.49. The summed E-state index contributed by atoms with van der Waals surface area (Å²) in [6.07, 6.45) is -3.26. The molecule has 0 heterocycles. The van der Waals surface area contributed by atoms with E-state index < -0.39 is 57.9 Å². The van der Waals surface area contributed by atoms with Crippen LogP contribution in [0, 0.1) is 12.7 Å². The molecule has 0 aromatic heterocycles. The minimum absolute atomic E-state index is 0.0637. The van der Waals surface area contributed by atoms with Gasteiger partial charge in [-0.05, 0) is 46.6 Å². The molecule has 0 fully saturated rings. The van der Waals surface area contributed by atoms with Crippen molar-refractivity contribution in [3.8, 4) is 11.1 Å². The Morgan fingerprint density at radius 3 is 2.11 bits per heavy atom. The third-order valence-electron chi connectivity index (χ3n) is 3.83. The van der Waals surface area contributed by atoms with Gasteiger partial charge in [0, 0.05) is 21.2 Å². The number of hydrogen-bond acceptors (Lipinski definition) is 3. The first-order valence-electron chi connectivity index (χ1n) is 7.18. The van der Waals surface area contributed by atoms with Gasteiger partial charge in [-0.25, -0.2) is 22.8 Å². The predicted octanol–water partition coefficient (Wildman–Crippen LogP) is 4.00. The van der Waals surface area contributed by atoms with E-state index in [9.17, 15) is 37.8 Å². The molecular weight excluding hydrogens is 435 g/mol. The molecule has 2 rings (SSSR count). The fourth-order valence-electron chi connectivity index (χ4n) is 2.71. The number of aromatic carboxylic acids is 2. The van der Waals surface area contributed by atoms with Gasteiger partial charge in [0.05, 0.1) is 16.7 Å². The quantitative estimate of drug-likeness (QED) is 0.642. The second kappa shape index (κ2) is 7.39. The van der Waals surface area contributed by atoms with E-state index in [0.29, 0.717) is 0 Å². The van der Waals surface area contributed by atoms with Gasteiger partial charge in [-0.1, -0.05) is 0 Å². The van der Waals surface area contributed by atoms with Crippen LogP contribution in [0.25, 0.3) is 11.1 Å². The number of carbonyl (C=O) groups excluding carboxylic acids is 1. The van der Waals surface area contributed by atoms with E-state index in [1.54, 1.807) is 0 Å². The summed E-state index contributed by atoms with van der Waals surface area (Å²) in [6, 6.07) is 2.42. The number of aryl methyl sites for hydroxylation is 1. The Hall–Kier alpha value is -2.88. The summed E-state index contributed by atoms with van der Waals surface area (Å²) in [6.45, 7) is 1.12. The molecule has 0 bridgehead atoms. The summed E-state index contributed by atoms with van der Waals surface area (Å²) in [7, 11) is 0. The number of carboxylic acid groups (broad SMARTS) is 2. The highest BCUT2D eigenvalue weighted by molar-refractivity contribution is 9.10. The maximum Gasteiger partial charge on any atom is 0.336 e. The number of alkyl halides is 2. The van der Waals surface area contributed by atoms with E-state index in [2.05, 4.69) is 15.9 Å². The molecular formula is C17H11BrF3NO5. The molecule has 0 spiro atoms. The van der Waals surface area contributed by atoms with E-state index >= 15 is 0 Å². The molecule has 1 amide bonds. The highest BCUT2D eigenvalue weighted by atomic mass is 79.9. The lowest BCUT2D eigenvalue weighted by Gasteiger charge is -2.18. The van der Waals surface area contributed by atoms with Crippen LogP contribution in [-0.4, -0.2) is 28.1 Å². The Kier molecular flexibility index (Phi) is 5.59. The van der Waals surface area contributed by atoms with Crippen LogP contribution in [0.4, 0.5) is 13.2 Å². The summed E-state index contributed by atoms with van der Waals surface area (Å²) < 4.78 is 41.4. The average Bonchev–Trinajstić information content (AvgIpc) is 2.53. The highest BCUT2D eigenvalue weighted by Crippen LogP contribution is 2.39. The lowest BCUT2D eigenvalue weighted by Crippen LogP contribution is -2.15. The molecule has 6 nitrogen and oxygen atoms in total. The maximum absolute atomic E-state index is 14.5. The number of primary amides is 1. The topological polar surface area (TPSA) is 118 Å². The third kappa shape index (κ3) is 3.65. The third-order valence-corrected chi connectivity index (χ3v) is 4.48. The van der Waals surface area contributed by atoms with Crippen molar-refractivity contribution in [1.82, 2.24) is 0 Å². The maximum atomic E-state index is 14.5. The smallest absolute Gasteiger partial charge is 0.336 e. The van der Waals surface area contributed by atoms with Gasteiger partial charge < -0.3 is 15.9 Å². The number of carbonyl (C=O) groups is 3. The number of carboxylic acids is 2. The number of nitrogens with two attached hydrogens (primary N) is 1. The van der Waals surface area contributed by atoms with E-state index in [-0.39, 0.29) is 15.6 Å². The molecule has 2 aromatic rings. The lowest BCUT2D eigenvalue weighted by atomic mass is 9.87. The van der Waals surface area contributed by atoms with Crippen molar-refractivity contribution in [2.45, 2.75) is 13.3 Å². The second-order valence-corrected chi connectivity index (χ2v) is 6.35. The lowest BCUT2D eigenvalue weighted by molar-refractivity contribution is 0.0685. The van der Waals surface area contributed by atoms with Crippen molar-refractivity contribution >= 4 is 33.8 Å². The Morgan fingerprint density at radius 2 is 1.67 bits per heavy atom. The van der Waals surface area contributed by atoms with Crippen molar-refractivity contribution in [1.29, 1.82) is 0 Å². The first kappa shape index (κ1) is 20.4. The Labute approximate surface area is 158 Å². The van der Waals surface area contributed by atoms with Crippen LogP contribution >= 0.6 is 15.9 Å². The van der Waals surface area contributed by atoms with E-state index in [1.807, 2.05) is 0 Å². The molecule has 0 atom stereocenters. The normalized spacial score (nSPS) is 10.9. The molecule has 0 saturated carbocycles. The van der Waals surface area contributed by atoms with E-state index in [1.165, 1.54) is 0 Å². The summed E-state index contributed by atoms with van der Waals surface area (Å²) in [5.41, 5.74) is 0.482. The van der Waals surface area contributed by atoms with Gasteiger partial charge in [-0.2, -0.15) is 0 Å². The van der Waals surface area contributed by atoms with Gasteiger partial charge in [-0.15, -0.1) is 0 Å². The van der Waals surface area contributed by atoms with Gasteiger partial charge in [0.1, 0.15) is 5.82 Å². The van der Waals surface area contributed by atoms with Crippen molar-refractivity contribution in [3.05, 3.63) is 56.3 Å². The van der Waals surface area contributed by atoms with E-state index in [0.717, 1.165) is 25.1 Å². The fraction of sp³-hybridized carbons (Fsp3) is 0.118. The predicted molar refractivity (Wildman–Crippen MR) is 91.7 cm³/mol. The molecule has 0 unspecified atom stereocenters. The zero-order chi connectivity index (χ0) is 20.6. The molecule has 27 heavy (non-hydrogen) atoms. The molecule has 0 aliphatic rings. The molecule has 0 aliphatic carbocycles. The van der Waals surface area contributed by atoms with Crippen LogP contribution in [0.1, 0.15) is 48.6 Å². The summed E-state index contributed by atoms with van der Waals surface area (Å²) in [4.78, 5) is 34.8. The standard InChI is InChI=1S/C17H11BrF3NO5/c1-5-2-8(16(24)25)12(13(17(26)27)11(5)14(20)21)7-3-6(15(22)23)9(18)4-10(7)19/h2-4,14H,1H3,(H2,22,23)(H,24,25)(H,26,27). The zero-order valence-corrected chi connectivity index (χ0v) is 15.1. The van der Waals surface area contributed by atoms with Crippen LogP contribution in [0.5, 0.6) is 0 Å². The highest BCUT2D eigenvalue weighted by Gasteiger charge is 2.31. The van der Waals surface area contributed by atoms with Crippen LogP contribution in [0.3, 0.4) is 0 Å². The van der Waals surface area contributed by atoms with Gasteiger partial charge in [-0.3, -0.25) is 4.79 Å². The van der Waals surface area contributed by atoms with Crippen LogP contribution in [0.15, 0.2) is 22.7 Å². The SMILES string of the molecule is Cc1cc(C(=O)O)c(-c2cc(C(N)=O)c(Br)cc2F)c(C(=O)O)c1C(F)F. The summed E-state index contributed by atoms with van der Waals surface area (Å²) >= 11 is 2.91. The minimum Gasteiger partial charge on any atom is -0.478 e. The van der Waals surface area contributed by atoms with Crippen molar-refractivity contribution in [3.63, 3.8) is 0 Å². The Balaban J connectivity index is 3.10. The molecule has 0 aliphatic heterocycles. The molecule has 10 heteroatoms. The Bertz CT molecular complexity index is 991.